The normalized spacial score (nSPS) is 10.3. The van der Waals surface area contributed by atoms with Crippen LogP contribution in [0.1, 0.15) is 28.5 Å². The molecular formula is C15H17BrN4O. The van der Waals surface area contributed by atoms with E-state index >= 15 is 0 Å². The van der Waals surface area contributed by atoms with Crippen LogP contribution in [0.3, 0.4) is 0 Å². The van der Waals surface area contributed by atoms with Crippen molar-refractivity contribution in [3.63, 3.8) is 0 Å². The average molecular weight is 349 g/mol. The Morgan fingerprint density at radius 2 is 2.00 bits per heavy atom. The van der Waals surface area contributed by atoms with Crippen LogP contribution in [-0.2, 0) is 0 Å². The van der Waals surface area contributed by atoms with Crippen molar-refractivity contribution in [3.05, 3.63) is 45.7 Å². The number of nitrogens with one attached hydrogen (secondary N) is 2. The largest absolute Gasteiger partial charge is 0.370 e. The minimum atomic E-state index is -0.200. The molecule has 0 bridgehead atoms. The maximum atomic E-state index is 12.3. The molecule has 0 radical (unpaired) electrons. The zero-order valence-corrected chi connectivity index (χ0v) is 13.8. The van der Waals surface area contributed by atoms with Crippen LogP contribution in [0.15, 0.2) is 28.9 Å². The molecule has 0 aromatic carbocycles. The summed E-state index contributed by atoms with van der Waals surface area (Å²) in [7, 11) is 0. The summed E-state index contributed by atoms with van der Waals surface area (Å²) >= 11 is 3.39. The van der Waals surface area contributed by atoms with Crippen LogP contribution < -0.4 is 10.6 Å². The maximum absolute atomic E-state index is 12.3. The first-order valence-electron chi connectivity index (χ1n) is 6.65. The van der Waals surface area contributed by atoms with Gasteiger partial charge in [-0.2, -0.15) is 0 Å². The van der Waals surface area contributed by atoms with Crippen molar-refractivity contribution in [3.8, 4) is 0 Å². The molecule has 0 spiro atoms. The van der Waals surface area contributed by atoms with Gasteiger partial charge in [0.1, 0.15) is 11.6 Å². The Balaban J connectivity index is 2.21. The third-order valence-electron chi connectivity index (χ3n) is 2.86. The lowest BCUT2D eigenvalue weighted by molar-refractivity contribution is 0.102. The van der Waals surface area contributed by atoms with E-state index in [4.69, 9.17) is 0 Å². The summed E-state index contributed by atoms with van der Waals surface area (Å²) in [5.74, 6) is 1.02. The molecule has 0 aliphatic carbocycles. The van der Waals surface area contributed by atoms with Crippen molar-refractivity contribution in [2.75, 3.05) is 17.2 Å². The number of carbonyl (C=O) groups excluding carboxylic acids is 1. The smallest absolute Gasteiger partial charge is 0.257 e. The number of amides is 1. The van der Waals surface area contributed by atoms with Crippen LogP contribution in [0, 0.1) is 13.8 Å². The molecule has 0 unspecified atom stereocenters. The molecule has 2 aromatic heterocycles. The Morgan fingerprint density at radius 1 is 1.24 bits per heavy atom. The molecule has 21 heavy (non-hydrogen) atoms. The van der Waals surface area contributed by atoms with Crippen molar-refractivity contribution < 1.29 is 4.79 Å². The summed E-state index contributed by atoms with van der Waals surface area (Å²) < 4.78 is 0.912. The highest BCUT2D eigenvalue weighted by molar-refractivity contribution is 9.10. The molecular weight excluding hydrogens is 332 g/mol. The number of hydrogen-bond donors (Lipinski definition) is 2. The van der Waals surface area contributed by atoms with Crippen molar-refractivity contribution in [2.45, 2.75) is 20.8 Å². The molecule has 0 fully saturated rings. The lowest BCUT2D eigenvalue weighted by Crippen LogP contribution is -2.14. The maximum Gasteiger partial charge on any atom is 0.257 e. The Labute approximate surface area is 132 Å². The summed E-state index contributed by atoms with van der Waals surface area (Å²) in [6.45, 7) is 6.55. The summed E-state index contributed by atoms with van der Waals surface area (Å²) in [4.78, 5) is 20.8. The second-order valence-electron chi connectivity index (χ2n) is 4.69. The van der Waals surface area contributed by atoms with Gasteiger partial charge in [0.15, 0.2) is 0 Å². The van der Waals surface area contributed by atoms with Gasteiger partial charge < -0.3 is 10.6 Å². The third kappa shape index (κ3) is 4.01. The molecule has 2 heterocycles. The van der Waals surface area contributed by atoms with Crippen molar-refractivity contribution in [1.29, 1.82) is 0 Å². The predicted octanol–water partition coefficient (Wildman–Crippen LogP) is 3.54. The van der Waals surface area contributed by atoms with Crippen molar-refractivity contribution in [1.82, 2.24) is 9.97 Å². The first-order valence-corrected chi connectivity index (χ1v) is 7.45. The van der Waals surface area contributed by atoms with Crippen LogP contribution in [0.4, 0.5) is 11.6 Å². The second kappa shape index (κ2) is 6.67. The minimum Gasteiger partial charge on any atom is -0.370 e. The number of pyridine rings is 2. The fourth-order valence-electron chi connectivity index (χ4n) is 1.87. The molecule has 0 saturated heterocycles. The standard InChI is InChI=1S/C15H17BrN4O/c1-4-17-14-7-11(6-10(3)19-14)15(21)20-13-5-9(2)12(16)8-18-13/h5-8H,4H2,1-3H3,(H,17,19)(H,18,20,21). The lowest BCUT2D eigenvalue weighted by Gasteiger charge is -2.09. The summed E-state index contributed by atoms with van der Waals surface area (Å²) in [5.41, 5.74) is 2.36. The fraction of sp³-hybridized carbons (Fsp3) is 0.267. The molecule has 6 heteroatoms. The highest BCUT2D eigenvalue weighted by Gasteiger charge is 2.10. The molecule has 0 aliphatic heterocycles. The van der Waals surface area contributed by atoms with Gasteiger partial charge >= 0.3 is 0 Å². The molecule has 0 atom stereocenters. The zero-order valence-electron chi connectivity index (χ0n) is 12.2. The van der Waals surface area contributed by atoms with Crippen LogP contribution in [0.2, 0.25) is 0 Å². The van der Waals surface area contributed by atoms with E-state index < -0.39 is 0 Å². The molecule has 5 nitrogen and oxygen atoms in total. The SMILES string of the molecule is CCNc1cc(C(=O)Nc2cc(C)c(Br)cn2)cc(C)n1. The van der Waals surface area contributed by atoms with E-state index in [1.54, 1.807) is 18.3 Å². The second-order valence-corrected chi connectivity index (χ2v) is 5.54. The van der Waals surface area contributed by atoms with Gasteiger partial charge in [-0.15, -0.1) is 0 Å². The molecule has 1 amide bonds. The third-order valence-corrected chi connectivity index (χ3v) is 3.69. The zero-order chi connectivity index (χ0) is 15.4. The Hall–Kier alpha value is -1.95. The first-order chi connectivity index (χ1) is 9.99. The van der Waals surface area contributed by atoms with Gasteiger partial charge in [-0.05, 0) is 60.5 Å². The Kier molecular flexibility index (Phi) is 4.90. The van der Waals surface area contributed by atoms with Crippen LogP contribution in [-0.4, -0.2) is 22.4 Å². The van der Waals surface area contributed by atoms with Crippen molar-refractivity contribution >= 4 is 33.5 Å². The summed E-state index contributed by atoms with van der Waals surface area (Å²) in [6, 6.07) is 5.31. The number of aryl methyl sites for hydroxylation is 2. The fourth-order valence-corrected chi connectivity index (χ4v) is 2.08. The number of nitrogens with zero attached hydrogens (tertiary/aromatic N) is 2. The van der Waals surface area contributed by atoms with E-state index in [9.17, 15) is 4.79 Å². The molecule has 2 N–H and O–H groups in total. The van der Waals surface area contributed by atoms with Gasteiger partial charge in [0.05, 0.1) is 0 Å². The number of aromatic nitrogens is 2. The highest BCUT2D eigenvalue weighted by atomic mass is 79.9. The van der Waals surface area contributed by atoms with Gasteiger partial charge in [-0.25, -0.2) is 9.97 Å². The van der Waals surface area contributed by atoms with E-state index in [0.717, 1.165) is 22.3 Å². The van der Waals surface area contributed by atoms with Crippen LogP contribution in [0.5, 0.6) is 0 Å². The number of anilines is 2. The Morgan fingerprint density at radius 3 is 2.67 bits per heavy atom. The predicted molar refractivity (Wildman–Crippen MR) is 87.8 cm³/mol. The van der Waals surface area contributed by atoms with E-state index in [1.165, 1.54) is 0 Å². The van der Waals surface area contributed by atoms with Crippen LogP contribution in [0.25, 0.3) is 0 Å². The summed E-state index contributed by atoms with van der Waals surface area (Å²) in [5, 5.41) is 5.91. The van der Waals surface area contributed by atoms with E-state index in [1.807, 2.05) is 26.8 Å². The van der Waals surface area contributed by atoms with E-state index in [2.05, 4.69) is 36.5 Å². The molecule has 0 aliphatic rings. The lowest BCUT2D eigenvalue weighted by atomic mass is 10.2. The van der Waals surface area contributed by atoms with Gasteiger partial charge in [0.2, 0.25) is 0 Å². The monoisotopic (exact) mass is 348 g/mol. The first kappa shape index (κ1) is 15.4. The van der Waals surface area contributed by atoms with Gasteiger partial charge in [0.25, 0.3) is 5.91 Å². The Bertz CT molecular complexity index is 673. The number of halogens is 1. The van der Waals surface area contributed by atoms with Gasteiger partial charge in [-0.3, -0.25) is 4.79 Å². The number of carbonyl (C=O) groups is 1. The van der Waals surface area contributed by atoms with E-state index in [0.29, 0.717) is 17.2 Å². The van der Waals surface area contributed by atoms with Crippen molar-refractivity contribution in [2.24, 2.45) is 0 Å². The van der Waals surface area contributed by atoms with E-state index in [-0.39, 0.29) is 5.91 Å². The highest BCUT2D eigenvalue weighted by Crippen LogP contribution is 2.18. The summed E-state index contributed by atoms with van der Waals surface area (Å²) in [6.07, 6.45) is 1.67. The molecule has 2 aromatic rings. The number of hydrogen-bond acceptors (Lipinski definition) is 4. The van der Waals surface area contributed by atoms with Crippen LogP contribution >= 0.6 is 15.9 Å². The molecule has 2 rings (SSSR count). The quantitative estimate of drug-likeness (QED) is 0.886. The topological polar surface area (TPSA) is 66.9 Å². The molecule has 110 valence electrons. The minimum absolute atomic E-state index is 0.200. The van der Waals surface area contributed by atoms with Gasteiger partial charge in [0, 0.05) is 28.5 Å². The number of rotatable bonds is 4. The average Bonchev–Trinajstić information content (AvgIpc) is 2.42. The molecule has 0 saturated carbocycles. The van der Waals surface area contributed by atoms with Gasteiger partial charge in [-0.1, -0.05) is 0 Å².